The number of amides is 1. The van der Waals surface area contributed by atoms with E-state index in [4.69, 9.17) is 4.42 Å². The second-order valence-electron chi connectivity index (χ2n) is 5.00. The molecule has 1 N–H and O–H groups in total. The Labute approximate surface area is 108 Å². The molecular weight excluding hydrogens is 228 g/mol. The fourth-order valence-corrected chi connectivity index (χ4v) is 2.43. The average molecular weight is 250 g/mol. The van der Waals surface area contributed by atoms with Crippen molar-refractivity contribution in [2.45, 2.75) is 39.2 Å². The predicted octanol–water partition coefficient (Wildman–Crippen LogP) is 2.19. The Morgan fingerprint density at radius 3 is 2.72 bits per heavy atom. The molecule has 0 bridgehead atoms. The van der Waals surface area contributed by atoms with Crippen LogP contribution in [0.2, 0.25) is 0 Å². The average Bonchev–Trinajstić information content (AvgIpc) is 2.79. The summed E-state index contributed by atoms with van der Waals surface area (Å²) in [6, 6.07) is 3.84. The maximum absolute atomic E-state index is 11.9. The molecule has 4 heteroatoms. The summed E-state index contributed by atoms with van der Waals surface area (Å²) >= 11 is 0. The summed E-state index contributed by atoms with van der Waals surface area (Å²) in [4.78, 5) is 14.4. The molecule has 2 heterocycles. The molecule has 0 saturated carbocycles. The fourth-order valence-electron chi connectivity index (χ4n) is 2.43. The molecule has 1 aromatic heterocycles. The van der Waals surface area contributed by atoms with Gasteiger partial charge in [-0.1, -0.05) is 6.92 Å². The highest BCUT2D eigenvalue weighted by atomic mass is 16.3. The van der Waals surface area contributed by atoms with E-state index in [1.165, 1.54) is 6.42 Å². The van der Waals surface area contributed by atoms with Crippen LogP contribution in [0.4, 0.5) is 0 Å². The van der Waals surface area contributed by atoms with Gasteiger partial charge in [-0.3, -0.25) is 4.79 Å². The number of aryl methyl sites for hydroxylation is 1. The summed E-state index contributed by atoms with van der Waals surface area (Å²) in [5.41, 5.74) is 0. The van der Waals surface area contributed by atoms with E-state index in [-0.39, 0.29) is 11.9 Å². The van der Waals surface area contributed by atoms with Gasteiger partial charge >= 0.3 is 0 Å². The molecule has 0 radical (unpaired) electrons. The van der Waals surface area contributed by atoms with Crippen molar-refractivity contribution in [1.29, 1.82) is 0 Å². The number of nitrogens with one attached hydrogen (secondary N) is 1. The van der Waals surface area contributed by atoms with Crippen LogP contribution >= 0.6 is 0 Å². The van der Waals surface area contributed by atoms with Gasteiger partial charge in [-0.15, -0.1) is 0 Å². The van der Waals surface area contributed by atoms with Crippen LogP contribution in [0, 0.1) is 6.92 Å². The molecule has 1 amide bonds. The first-order valence-corrected chi connectivity index (χ1v) is 6.78. The maximum Gasteiger partial charge on any atom is 0.287 e. The number of piperidine rings is 1. The van der Waals surface area contributed by atoms with Gasteiger partial charge in [0, 0.05) is 19.1 Å². The second-order valence-corrected chi connectivity index (χ2v) is 5.00. The van der Waals surface area contributed by atoms with E-state index in [9.17, 15) is 4.79 Å². The summed E-state index contributed by atoms with van der Waals surface area (Å²) in [5.74, 6) is 1.11. The molecule has 1 aromatic rings. The van der Waals surface area contributed by atoms with Gasteiger partial charge in [0.05, 0.1) is 0 Å². The first kappa shape index (κ1) is 13.1. The van der Waals surface area contributed by atoms with Crippen LogP contribution in [0.1, 0.15) is 42.5 Å². The monoisotopic (exact) mass is 250 g/mol. The van der Waals surface area contributed by atoms with Crippen molar-refractivity contribution < 1.29 is 9.21 Å². The van der Waals surface area contributed by atoms with Crippen molar-refractivity contribution in [1.82, 2.24) is 10.2 Å². The molecule has 1 saturated heterocycles. The van der Waals surface area contributed by atoms with Crippen LogP contribution in [0.3, 0.4) is 0 Å². The standard InChI is InChI=1S/C14H22N2O2/c1-3-8-16-9-6-12(7-10-16)15-14(17)13-5-4-11(2)18-13/h4-5,12H,3,6-10H2,1-2H3,(H,15,17). The third-order valence-corrected chi connectivity index (χ3v) is 3.43. The Bertz CT molecular complexity index is 392. The minimum absolute atomic E-state index is 0.0861. The summed E-state index contributed by atoms with van der Waals surface area (Å²) in [7, 11) is 0. The number of furan rings is 1. The van der Waals surface area contributed by atoms with Gasteiger partial charge in [0.25, 0.3) is 5.91 Å². The molecule has 1 aliphatic rings. The van der Waals surface area contributed by atoms with Crippen LogP contribution in [0.25, 0.3) is 0 Å². The minimum Gasteiger partial charge on any atom is -0.456 e. The normalized spacial score (nSPS) is 17.9. The smallest absolute Gasteiger partial charge is 0.287 e. The number of rotatable bonds is 4. The Balaban J connectivity index is 1.79. The molecule has 0 spiro atoms. The Morgan fingerprint density at radius 2 is 2.17 bits per heavy atom. The van der Waals surface area contributed by atoms with Crippen molar-refractivity contribution in [3.05, 3.63) is 23.7 Å². The van der Waals surface area contributed by atoms with E-state index in [1.54, 1.807) is 6.07 Å². The zero-order valence-electron chi connectivity index (χ0n) is 11.2. The summed E-state index contributed by atoms with van der Waals surface area (Å²) in [6.45, 7) is 7.37. The van der Waals surface area contributed by atoms with Gasteiger partial charge < -0.3 is 14.6 Å². The quantitative estimate of drug-likeness (QED) is 0.891. The van der Waals surface area contributed by atoms with Crippen molar-refractivity contribution >= 4 is 5.91 Å². The first-order valence-electron chi connectivity index (χ1n) is 6.78. The molecule has 0 aromatic carbocycles. The van der Waals surface area contributed by atoms with Gasteiger partial charge in [-0.25, -0.2) is 0 Å². The van der Waals surface area contributed by atoms with E-state index in [0.717, 1.165) is 38.2 Å². The molecule has 1 aliphatic heterocycles. The number of nitrogens with zero attached hydrogens (tertiary/aromatic N) is 1. The van der Waals surface area contributed by atoms with E-state index in [0.29, 0.717) is 5.76 Å². The minimum atomic E-state index is -0.0861. The van der Waals surface area contributed by atoms with Crippen LogP contribution in [0.5, 0.6) is 0 Å². The molecule has 0 atom stereocenters. The van der Waals surface area contributed by atoms with Crippen molar-refractivity contribution in [3.8, 4) is 0 Å². The molecule has 1 fully saturated rings. The molecular formula is C14H22N2O2. The fraction of sp³-hybridized carbons (Fsp3) is 0.643. The number of likely N-dealkylation sites (tertiary alicyclic amines) is 1. The lowest BCUT2D eigenvalue weighted by Gasteiger charge is -2.31. The zero-order chi connectivity index (χ0) is 13.0. The van der Waals surface area contributed by atoms with Gasteiger partial charge in [-0.2, -0.15) is 0 Å². The number of hydrogen-bond donors (Lipinski definition) is 1. The summed E-state index contributed by atoms with van der Waals surface area (Å²) < 4.78 is 5.32. The SMILES string of the molecule is CCCN1CCC(NC(=O)c2ccc(C)o2)CC1. The maximum atomic E-state index is 11.9. The van der Waals surface area contributed by atoms with Crippen molar-refractivity contribution in [3.63, 3.8) is 0 Å². The number of carbonyl (C=O) groups excluding carboxylic acids is 1. The summed E-state index contributed by atoms with van der Waals surface area (Å²) in [5, 5.41) is 3.05. The van der Waals surface area contributed by atoms with Crippen LogP contribution in [-0.2, 0) is 0 Å². The first-order chi connectivity index (χ1) is 8.69. The Kier molecular flexibility index (Phi) is 4.42. The highest BCUT2D eigenvalue weighted by Crippen LogP contribution is 2.12. The zero-order valence-corrected chi connectivity index (χ0v) is 11.2. The van der Waals surface area contributed by atoms with Crippen LogP contribution in [0.15, 0.2) is 16.5 Å². The predicted molar refractivity (Wildman–Crippen MR) is 70.7 cm³/mol. The Morgan fingerprint density at radius 1 is 1.44 bits per heavy atom. The number of carbonyl (C=O) groups is 1. The van der Waals surface area contributed by atoms with Gasteiger partial charge in [0.1, 0.15) is 5.76 Å². The van der Waals surface area contributed by atoms with Crippen LogP contribution < -0.4 is 5.32 Å². The van der Waals surface area contributed by atoms with Gasteiger partial charge in [0.15, 0.2) is 5.76 Å². The van der Waals surface area contributed by atoms with Gasteiger partial charge in [0.2, 0.25) is 0 Å². The third-order valence-electron chi connectivity index (χ3n) is 3.43. The second kappa shape index (κ2) is 6.05. The molecule has 0 aliphatic carbocycles. The van der Waals surface area contributed by atoms with Crippen molar-refractivity contribution in [2.75, 3.05) is 19.6 Å². The molecule has 100 valence electrons. The van der Waals surface area contributed by atoms with Crippen LogP contribution in [-0.4, -0.2) is 36.5 Å². The van der Waals surface area contributed by atoms with E-state index >= 15 is 0 Å². The topological polar surface area (TPSA) is 45.5 Å². The van der Waals surface area contributed by atoms with Crippen molar-refractivity contribution in [2.24, 2.45) is 0 Å². The van der Waals surface area contributed by atoms with E-state index in [1.807, 2.05) is 13.0 Å². The summed E-state index contributed by atoms with van der Waals surface area (Å²) in [6.07, 6.45) is 3.26. The number of hydrogen-bond acceptors (Lipinski definition) is 3. The highest BCUT2D eigenvalue weighted by molar-refractivity contribution is 5.91. The third kappa shape index (κ3) is 3.35. The van der Waals surface area contributed by atoms with E-state index < -0.39 is 0 Å². The molecule has 2 rings (SSSR count). The highest BCUT2D eigenvalue weighted by Gasteiger charge is 2.21. The lowest BCUT2D eigenvalue weighted by atomic mass is 10.0. The largest absolute Gasteiger partial charge is 0.456 e. The van der Waals surface area contributed by atoms with E-state index in [2.05, 4.69) is 17.1 Å². The lowest BCUT2D eigenvalue weighted by Crippen LogP contribution is -2.44. The Hall–Kier alpha value is -1.29. The lowest BCUT2D eigenvalue weighted by molar-refractivity contribution is 0.0882. The molecule has 0 unspecified atom stereocenters. The molecule has 18 heavy (non-hydrogen) atoms. The molecule has 4 nitrogen and oxygen atoms in total. The van der Waals surface area contributed by atoms with Gasteiger partial charge in [-0.05, 0) is 44.9 Å².